The number of thioether (sulfide) groups is 1. The van der Waals surface area contributed by atoms with E-state index in [1.807, 2.05) is 32.0 Å². The molecule has 23 heavy (non-hydrogen) atoms. The fourth-order valence-electron chi connectivity index (χ4n) is 3.25. The van der Waals surface area contributed by atoms with Crippen molar-refractivity contribution >= 4 is 46.7 Å². The zero-order valence-electron chi connectivity index (χ0n) is 13.1. The number of esters is 1. The van der Waals surface area contributed by atoms with E-state index in [-0.39, 0.29) is 6.04 Å². The molecule has 0 fully saturated rings. The average Bonchev–Trinajstić information content (AvgIpc) is 2.71. The molecular formula is C17H19Cl2NO2S. The van der Waals surface area contributed by atoms with Crippen molar-refractivity contribution in [2.75, 3.05) is 18.8 Å². The molecule has 1 atom stereocenters. The van der Waals surface area contributed by atoms with Crippen LogP contribution in [-0.4, -0.2) is 40.1 Å². The third kappa shape index (κ3) is 2.91. The summed E-state index contributed by atoms with van der Waals surface area (Å²) in [7, 11) is 0. The quantitative estimate of drug-likeness (QED) is 0.583. The van der Waals surface area contributed by atoms with Gasteiger partial charge in [0.2, 0.25) is 4.33 Å². The second-order valence-electron chi connectivity index (χ2n) is 5.59. The molecule has 0 bridgehead atoms. The number of likely N-dealkylation sites (N-methyl/N-ethyl adjacent to an activating group) is 1. The predicted molar refractivity (Wildman–Crippen MR) is 95.9 cm³/mol. The number of hydrogen-bond acceptors (Lipinski definition) is 4. The Kier molecular flexibility index (Phi) is 4.98. The number of fused-ring (bicyclic) bond motifs is 2. The lowest BCUT2D eigenvalue weighted by Gasteiger charge is -2.41. The van der Waals surface area contributed by atoms with Crippen molar-refractivity contribution in [2.45, 2.75) is 35.5 Å². The predicted octanol–water partition coefficient (Wildman–Crippen LogP) is 4.33. The molecule has 0 radical (unpaired) electrons. The number of nitrogens with zero attached hydrogens (tertiary/aromatic N) is 1. The fourth-order valence-corrected chi connectivity index (χ4v) is 4.90. The zero-order valence-corrected chi connectivity index (χ0v) is 15.5. The van der Waals surface area contributed by atoms with Crippen LogP contribution in [0.4, 0.5) is 0 Å². The summed E-state index contributed by atoms with van der Waals surface area (Å²) in [6, 6.07) is 7.64. The van der Waals surface area contributed by atoms with E-state index < -0.39 is 10.3 Å². The number of hydrogen-bond donors (Lipinski definition) is 0. The van der Waals surface area contributed by atoms with Crippen molar-refractivity contribution in [1.29, 1.82) is 0 Å². The van der Waals surface area contributed by atoms with Crippen LogP contribution >= 0.6 is 35.0 Å². The van der Waals surface area contributed by atoms with Gasteiger partial charge in [0.25, 0.3) is 0 Å². The van der Waals surface area contributed by atoms with E-state index in [4.69, 9.17) is 27.9 Å². The summed E-state index contributed by atoms with van der Waals surface area (Å²) >= 11 is 14.7. The molecule has 0 aliphatic carbocycles. The van der Waals surface area contributed by atoms with Crippen LogP contribution < -0.4 is 0 Å². The topological polar surface area (TPSA) is 29.5 Å². The lowest BCUT2D eigenvalue weighted by atomic mass is 9.92. The van der Waals surface area contributed by atoms with Gasteiger partial charge < -0.3 is 4.74 Å². The van der Waals surface area contributed by atoms with Crippen LogP contribution in [-0.2, 0) is 9.53 Å². The van der Waals surface area contributed by atoms with Gasteiger partial charge in [-0.25, -0.2) is 4.79 Å². The number of rotatable bonds is 3. The molecule has 0 aromatic heterocycles. The van der Waals surface area contributed by atoms with E-state index in [1.54, 1.807) is 11.8 Å². The number of carbonyl (C=O) groups excluding carboxylic acids is 1. The first kappa shape index (κ1) is 17.2. The van der Waals surface area contributed by atoms with Crippen molar-refractivity contribution in [3.8, 4) is 0 Å². The van der Waals surface area contributed by atoms with Crippen molar-refractivity contribution in [3.05, 3.63) is 35.4 Å². The first-order valence-corrected chi connectivity index (χ1v) is 9.54. The second kappa shape index (κ2) is 6.67. The molecule has 0 amide bonds. The summed E-state index contributed by atoms with van der Waals surface area (Å²) in [5.41, 5.74) is 1.98. The fraction of sp³-hybridized carbons (Fsp3) is 0.471. The van der Waals surface area contributed by atoms with E-state index in [9.17, 15) is 4.79 Å². The minimum Gasteiger partial charge on any atom is -0.424 e. The summed E-state index contributed by atoms with van der Waals surface area (Å²) in [5, 5.41) is 0. The monoisotopic (exact) mass is 371 g/mol. The first-order valence-electron chi connectivity index (χ1n) is 7.80. The molecule has 2 aliphatic heterocycles. The number of benzene rings is 1. The maximum atomic E-state index is 12.5. The molecule has 3 rings (SSSR count). The Morgan fingerprint density at radius 2 is 2.00 bits per heavy atom. The Labute approximate surface area is 151 Å². The molecule has 3 nitrogen and oxygen atoms in total. The molecule has 2 heterocycles. The van der Waals surface area contributed by atoms with Gasteiger partial charge in [-0.3, -0.25) is 4.90 Å². The van der Waals surface area contributed by atoms with E-state index in [1.165, 1.54) is 0 Å². The molecule has 0 spiro atoms. The highest BCUT2D eigenvalue weighted by atomic mass is 35.5. The molecular weight excluding hydrogens is 353 g/mol. The molecule has 1 unspecified atom stereocenters. The molecule has 6 heteroatoms. The Morgan fingerprint density at radius 1 is 1.30 bits per heavy atom. The lowest BCUT2D eigenvalue weighted by molar-refractivity contribution is -0.140. The van der Waals surface area contributed by atoms with E-state index in [2.05, 4.69) is 11.0 Å². The van der Waals surface area contributed by atoms with E-state index >= 15 is 0 Å². The Bertz CT molecular complexity index is 656. The van der Waals surface area contributed by atoms with Crippen LogP contribution in [0.5, 0.6) is 0 Å². The number of ether oxygens (including phenoxy) is 1. The zero-order chi connectivity index (χ0) is 16.6. The third-order valence-corrected chi connectivity index (χ3v) is 6.17. The van der Waals surface area contributed by atoms with Crippen molar-refractivity contribution in [3.63, 3.8) is 0 Å². The van der Waals surface area contributed by atoms with Crippen LogP contribution in [0.1, 0.15) is 25.8 Å². The molecule has 2 aliphatic rings. The molecule has 124 valence electrons. The highest BCUT2D eigenvalue weighted by molar-refractivity contribution is 7.99. The molecule has 0 saturated carbocycles. The molecule has 1 aromatic carbocycles. The van der Waals surface area contributed by atoms with Gasteiger partial charge in [-0.15, -0.1) is 11.8 Å². The number of halogens is 2. The van der Waals surface area contributed by atoms with Crippen molar-refractivity contribution in [1.82, 2.24) is 4.90 Å². The van der Waals surface area contributed by atoms with E-state index in [0.717, 1.165) is 41.3 Å². The minimum absolute atomic E-state index is 0.358. The SMILES string of the molecule is CCN(CC)C1C2=C(OC(=O)C1(Cl)Cl)c1ccccc1SCC2. The molecule has 0 N–H and O–H groups in total. The van der Waals surface area contributed by atoms with E-state index in [0.29, 0.717) is 5.76 Å². The van der Waals surface area contributed by atoms with Gasteiger partial charge in [0.15, 0.2) is 0 Å². The number of carbonyl (C=O) groups is 1. The highest BCUT2D eigenvalue weighted by Gasteiger charge is 2.53. The molecule has 1 aromatic rings. The Balaban J connectivity index is 2.19. The summed E-state index contributed by atoms with van der Waals surface area (Å²) in [4.78, 5) is 15.7. The van der Waals surface area contributed by atoms with Gasteiger partial charge >= 0.3 is 5.97 Å². The third-order valence-electron chi connectivity index (χ3n) is 4.37. The summed E-state index contributed by atoms with van der Waals surface area (Å²) in [5.74, 6) is 0.970. The number of alkyl halides is 2. The highest BCUT2D eigenvalue weighted by Crippen LogP contribution is 2.47. The van der Waals surface area contributed by atoms with Gasteiger partial charge in [0.1, 0.15) is 5.76 Å². The van der Waals surface area contributed by atoms with Crippen molar-refractivity contribution in [2.24, 2.45) is 0 Å². The largest absolute Gasteiger partial charge is 0.424 e. The van der Waals surface area contributed by atoms with Crippen LogP contribution in [0.3, 0.4) is 0 Å². The Morgan fingerprint density at radius 3 is 2.70 bits per heavy atom. The minimum atomic E-state index is -1.57. The van der Waals surface area contributed by atoms with Crippen LogP contribution in [0.25, 0.3) is 5.76 Å². The van der Waals surface area contributed by atoms with Gasteiger partial charge in [0, 0.05) is 16.2 Å². The summed E-state index contributed by atoms with van der Waals surface area (Å²) in [6.45, 7) is 5.63. The van der Waals surface area contributed by atoms with Gasteiger partial charge in [-0.2, -0.15) is 0 Å². The summed E-state index contributed by atoms with van der Waals surface area (Å²) in [6.07, 6.45) is 0.796. The standard InChI is InChI=1S/C17H19Cl2NO2S/c1-3-20(4-2)15-12-9-10-23-13-8-6-5-7-11(13)14(12)22-16(21)17(15,18)19/h5-8,15H,3-4,9-10H2,1-2H3. The maximum Gasteiger partial charge on any atom is 0.350 e. The van der Waals surface area contributed by atoms with Gasteiger partial charge in [-0.1, -0.05) is 55.2 Å². The normalized spacial score (nSPS) is 23.2. The van der Waals surface area contributed by atoms with Gasteiger partial charge in [-0.05, 0) is 31.1 Å². The van der Waals surface area contributed by atoms with Crippen LogP contribution in [0.2, 0.25) is 0 Å². The van der Waals surface area contributed by atoms with Crippen LogP contribution in [0, 0.1) is 0 Å². The average molecular weight is 372 g/mol. The second-order valence-corrected chi connectivity index (χ2v) is 8.11. The lowest BCUT2D eigenvalue weighted by Crippen LogP contribution is -2.54. The van der Waals surface area contributed by atoms with Gasteiger partial charge in [0.05, 0.1) is 6.04 Å². The first-order chi connectivity index (χ1) is 11.0. The van der Waals surface area contributed by atoms with Crippen molar-refractivity contribution < 1.29 is 9.53 Å². The maximum absolute atomic E-state index is 12.5. The smallest absolute Gasteiger partial charge is 0.350 e. The van der Waals surface area contributed by atoms with Crippen LogP contribution in [0.15, 0.2) is 34.7 Å². The molecule has 0 saturated heterocycles. The Hall–Kier alpha value is -0.680. The summed E-state index contributed by atoms with van der Waals surface area (Å²) < 4.78 is 4.04.